The second kappa shape index (κ2) is 5.61. The lowest BCUT2D eigenvalue weighted by Gasteiger charge is -2.19. The quantitative estimate of drug-likeness (QED) is 0.869. The lowest BCUT2D eigenvalue weighted by molar-refractivity contribution is 0.0931. The van der Waals surface area contributed by atoms with Gasteiger partial charge in [0.1, 0.15) is 0 Å². The number of benzene rings is 1. The first-order valence-corrected chi connectivity index (χ1v) is 7.00. The highest BCUT2D eigenvalue weighted by molar-refractivity contribution is 9.09. The predicted molar refractivity (Wildman–Crippen MR) is 72.5 cm³/mol. The number of hydrogen-bond donors (Lipinski definition) is 1. The Morgan fingerprint density at radius 2 is 2.11 bits per heavy atom. The lowest BCUT2D eigenvalue weighted by atomic mass is 10.1. The van der Waals surface area contributed by atoms with Crippen LogP contribution in [0.3, 0.4) is 0 Å². The van der Waals surface area contributed by atoms with Crippen LogP contribution >= 0.6 is 15.9 Å². The lowest BCUT2D eigenvalue weighted by Crippen LogP contribution is -2.39. The summed E-state index contributed by atoms with van der Waals surface area (Å²) in [5, 5.41) is 3.73. The molecule has 0 aromatic heterocycles. The van der Waals surface area contributed by atoms with Gasteiger partial charge in [-0.25, -0.2) is 0 Å². The van der Waals surface area contributed by atoms with Crippen molar-refractivity contribution in [3.8, 4) is 11.5 Å². The van der Waals surface area contributed by atoms with Gasteiger partial charge in [0.05, 0.1) is 0 Å². The maximum absolute atomic E-state index is 12.1. The molecule has 18 heavy (non-hydrogen) atoms. The SMILES string of the molecule is CC(C)C(CBr)NC(=O)c1ccc2c(c1)OCO2. The summed E-state index contributed by atoms with van der Waals surface area (Å²) in [4.78, 5) is 12.1. The Bertz CT molecular complexity index is 448. The van der Waals surface area contributed by atoms with E-state index in [0.717, 1.165) is 5.33 Å². The predicted octanol–water partition coefficient (Wildman–Crippen LogP) is 2.56. The highest BCUT2D eigenvalue weighted by atomic mass is 79.9. The number of rotatable bonds is 4. The number of hydrogen-bond acceptors (Lipinski definition) is 3. The number of amides is 1. The van der Waals surface area contributed by atoms with Crippen molar-refractivity contribution >= 4 is 21.8 Å². The van der Waals surface area contributed by atoms with Gasteiger partial charge in [0.25, 0.3) is 5.91 Å². The summed E-state index contributed by atoms with van der Waals surface area (Å²) in [6.07, 6.45) is 0. The molecule has 0 fully saturated rings. The summed E-state index contributed by atoms with van der Waals surface area (Å²) in [7, 11) is 0. The smallest absolute Gasteiger partial charge is 0.251 e. The summed E-state index contributed by atoms with van der Waals surface area (Å²) in [5.74, 6) is 1.60. The van der Waals surface area contributed by atoms with Gasteiger partial charge in [-0.2, -0.15) is 0 Å². The van der Waals surface area contributed by atoms with Crippen molar-refractivity contribution in [2.75, 3.05) is 12.1 Å². The molecule has 1 aromatic rings. The largest absolute Gasteiger partial charge is 0.454 e. The maximum atomic E-state index is 12.1. The zero-order valence-corrected chi connectivity index (χ0v) is 12.0. The third kappa shape index (κ3) is 2.77. The third-order valence-corrected chi connectivity index (χ3v) is 3.62. The molecule has 1 unspecified atom stereocenters. The minimum Gasteiger partial charge on any atom is -0.454 e. The Morgan fingerprint density at radius 3 is 2.78 bits per heavy atom. The fraction of sp³-hybridized carbons (Fsp3) is 0.462. The first kappa shape index (κ1) is 13.2. The van der Waals surface area contributed by atoms with Gasteiger partial charge in [0.2, 0.25) is 6.79 Å². The number of nitrogens with one attached hydrogen (secondary N) is 1. The first-order valence-electron chi connectivity index (χ1n) is 5.88. The van der Waals surface area contributed by atoms with Crippen LogP contribution in [0.5, 0.6) is 11.5 Å². The van der Waals surface area contributed by atoms with E-state index in [1.54, 1.807) is 18.2 Å². The molecule has 98 valence electrons. The molecule has 4 nitrogen and oxygen atoms in total. The average molecular weight is 314 g/mol. The van der Waals surface area contributed by atoms with Crippen LogP contribution in [0, 0.1) is 5.92 Å². The molecule has 1 aromatic carbocycles. The molecule has 0 bridgehead atoms. The zero-order valence-electron chi connectivity index (χ0n) is 10.4. The van der Waals surface area contributed by atoms with Gasteiger partial charge >= 0.3 is 0 Å². The topological polar surface area (TPSA) is 47.6 Å². The van der Waals surface area contributed by atoms with E-state index < -0.39 is 0 Å². The fourth-order valence-electron chi connectivity index (χ4n) is 1.67. The maximum Gasteiger partial charge on any atom is 0.251 e. The van der Waals surface area contributed by atoms with Gasteiger partial charge in [-0.15, -0.1) is 0 Å². The Kier molecular flexibility index (Phi) is 4.11. The number of halogens is 1. The number of fused-ring (bicyclic) bond motifs is 1. The van der Waals surface area contributed by atoms with Gasteiger partial charge in [-0.1, -0.05) is 29.8 Å². The summed E-state index contributed by atoms with van der Waals surface area (Å²) < 4.78 is 10.5. The second-order valence-corrected chi connectivity index (χ2v) is 5.19. The summed E-state index contributed by atoms with van der Waals surface area (Å²) in [5.41, 5.74) is 0.589. The molecule has 1 N–H and O–H groups in total. The van der Waals surface area contributed by atoms with Gasteiger partial charge in [-0.05, 0) is 24.1 Å². The van der Waals surface area contributed by atoms with E-state index in [1.807, 2.05) is 0 Å². The van der Waals surface area contributed by atoms with Crippen LogP contribution in [0.15, 0.2) is 18.2 Å². The summed E-state index contributed by atoms with van der Waals surface area (Å²) in [6, 6.07) is 5.33. The van der Waals surface area contributed by atoms with Gasteiger partial charge in [0, 0.05) is 16.9 Å². The van der Waals surface area contributed by atoms with Crippen molar-refractivity contribution in [3.05, 3.63) is 23.8 Å². The Hall–Kier alpha value is -1.23. The molecule has 0 saturated carbocycles. The van der Waals surface area contributed by atoms with Crippen LogP contribution in [-0.2, 0) is 0 Å². The fourth-order valence-corrected chi connectivity index (χ4v) is 2.58. The normalized spacial score (nSPS) is 14.7. The van der Waals surface area contributed by atoms with Crippen LogP contribution in [-0.4, -0.2) is 24.1 Å². The van der Waals surface area contributed by atoms with Crippen molar-refractivity contribution in [2.24, 2.45) is 5.92 Å². The molecule has 0 saturated heterocycles. The third-order valence-electron chi connectivity index (χ3n) is 2.92. The number of ether oxygens (including phenoxy) is 2. The average Bonchev–Trinajstić information content (AvgIpc) is 2.82. The molecule has 1 heterocycles. The van der Waals surface area contributed by atoms with E-state index in [2.05, 4.69) is 35.1 Å². The zero-order chi connectivity index (χ0) is 13.1. The van der Waals surface area contributed by atoms with E-state index in [1.165, 1.54) is 0 Å². The monoisotopic (exact) mass is 313 g/mol. The van der Waals surface area contributed by atoms with E-state index in [4.69, 9.17) is 9.47 Å². The van der Waals surface area contributed by atoms with Crippen molar-refractivity contribution < 1.29 is 14.3 Å². The van der Waals surface area contributed by atoms with Crippen LogP contribution in [0.4, 0.5) is 0 Å². The highest BCUT2D eigenvalue weighted by Crippen LogP contribution is 2.32. The van der Waals surface area contributed by atoms with Crippen LogP contribution in [0.25, 0.3) is 0 Å². The summed E-state index contributed by atoms with van der Waals surface area (Å²) in [6.45, 7) is 4.37. The minimum absolute atomic E-state index is 0.0912. The molecule has 0 radical (unpaired) electrons. The number of carbonyl (C=O) groups is 1. The van der Waals surface area contributed by atoms with Crippen LogP contribution in [0.2, 0.25) is 0 Å². The number of carbonyl (C=O) groups excluding carboxylic acids is 1. The Labute approximate surface area is 115 Å². The van der Waals surface area contributed by atoms with Crippen molar-refractivity contribution in [2.45, 2.75) is 19.9 Å². The highest BCUT2D eigenvalue weighted by Gasteiger charge is 2.19. The Balaban J connectivity index is 2.09. The molecule has 1 atom stereocenters. The van der Waals surface area contributed by atoms with E-state index in [9.17, 15) is 4.79 Å². The molecular weight excluding hydrogens is 298 g/mol. The van der Waals surface area contributed by atoms with E-state index in [0.29, 0.717) is 23.0 Å². The van der Waals surface area contributed by atoms with E-state index in [-0.39, 0.29) is 18.7 Å². The molecule has 1 aliphatic heterocycles. The van der Waals surface area contributed by atoms with Crippen LogP contribution in [0.1, 0.15) is 24.2 Å². The molecule has 5 heteroatoms. The molecular formula is C13H16BrNO3. The standard InChI is InChI=1S/C13H16BrNO3/c1-8(2)10(6-14)15-13(16)9-3-4-11-12(5-9)18-7-17-11/h3-5,8,10H,6-7H2,1-2H3,(H,15,16). The molecule has 0 spiro atoms. The van der Waals surface area contributed by atoms with Gasteiger partial charge in [0.15, 0.2) is 11.5 Å². The van der Waals surface area contributed by atoms with Crippen molar-refractivity contribution in [1.29, 1.82) is 0 Å². The van der Waals surface area contributed by atoms with E-state index >= 15 is 0 Å². The molecule has 2 rings (SSSR count). The molecule has 1 aliphatic rings. The minimum atomic E-state index is -0.0912. The molecule has 0 aliphatic carbocycles. The first-order chi connectivity index (χ1) is 8.61. The van der Waals surface area contributed by atoms with Gasteiger partial charge in [-0.3, -0.25) is 4.79 Å². The van der Waals surface area contributed by atoms with Crippen molar-refractivity contribution in [3.63, 3.8) is 0 Å². The molecule has 1 amide bonds. The van der Waals surface area contributed by atoms with Gasteiger partial charge < -0.3 is 14.8 Å². The number of alkyl halides is 1. The van der Waals surface area contributed by atoms with Crippen molar-refractivity contribution in [1.82, 2.24) is 5.32 Å². The van der Waals surface area contributed by atoms with Crippen LogP contribution < -0.4 is 14.8 Å². The summed E-state index contributed by atoms with van der Waals surface area (Å²) >= 11 is 3.41. The second-order valence-electron chi connectivity index (χ2n) is 4.55. The Morgan fingerprint density at radius 1 is 1.39 bits per heavy atom.